The monoisotopic (exact) mass is 364 g/mol. The molecule has 2 unspecified atom stereocenters. The number of nitrogens with one attached hydrogen (secondary N) is 1. The molecule has 2 aliphatic heterocycles. The average molecular weight is 366 g/mol. The lowest BCUT2D eigenvalue weighted by molar-refractivity contribution is 0.167. The molecule has 3 heterocycles. The van der Waals surface area contributed by atoms with Gasteiger partial charge in [-0.1, -0.05) is 6.92 Å². The van der Waals surface area contributed by atoms with Gasteiger partial charge in [-0.25, -0.2) is 0 Å². The summed E-state index contributed by atoms with van der Waals surface area (Å²) in [5.74, 6) is 0. The molecular formula is C14H22BrClN2S. The smallest absolute Gasteiger partial charge is 0.0701 e. The van der Waals surface area contributed by atoms with E-state index in [4.69, 9.17) is 0 Å². The van der Waals surface area contributed by atoms with E-state index >= 15 is 0 Å². The van der Waals surface area contributed by atoms with E-state index in [1.165, 1.54) is 54.1 Å². The first-order valence-electron chi connectivity index (χ1n) is 6.86. The van der Waals surface area contributed by atoms with Crippen LogP contribution in [0.4, 0.5) is 0 Å². The third-order valence-electron chi connectivity index (χ3n) is 4.33. The van der Waals surface area contributed by atoms with Gasteiger partial charge in [0, 0.05) is 24.0 Å². The van der Waals surface area contributed by atoms with Crippen molar-refractivity contribution in [3.63, 3.8) is 0 Å². The Kier molecular flexibility index (Phi) is 5.34. The molecule has 0 amide bonds. The van der Waals surface area contributed by atoms with Crippen molar-refractivity contribution in [2.24, 2.45) is 5.41 Å². The van der Waals surface area contributed by atoms with Gasteiger partial charge in [0.2, 0.25) is 0 Å². The Labute approximate surface area is 134 Å². The van der Waals surface area contributed by atoms with Crippen molar-refractivity contribution < 1.29 is 0 Å². The van der Waals surface area contributed by atoms with E-state index in [0.29, 0.717) is 11.5 Å². The van der Waals surface area contributed by atoms with Crippen LogP contribution in [0.25, 0.3) is 0 Å². The van der Waals surface area contributed by atoms with E-state index in [0.717, 1.165) is 0 Å². The Morgan fingerprint density at radius 1 is 1.53 bits per heavy atom. The molecule has 108 valence electrons. The zero-order valence-electron chi connectivity index (χ0n) is 11.3. The highest BCUT2D eigenvalue weighted by molar-refractivity contribution is 9.11. The van der Waals surface area contributed by atoms with Gasteiger partial charge in [-0.15, -0.1) is 23.7 Å². The molecule has 2 atom stereocenters. The van der Waals surface area contributed by atoms with Crippen LogP contribution in [0.2, 0.25) is 0 Å². The highest BCUT2D eigenvalue weighted by Crippen LogP contribution is 2.39. The van der Waals surface area contributed by atoms with Crippen molar-refractivity contribution >= 4 is 39.7 Å². The molecule has 0 spiro atoms. The Morgan fingerprint density at radius 3 is 3.00 bits per heavy atom. The minimum atomic E-state index is 0. The molecule has 0 saturated carbocycles. The summed E-state index contributed by atoms with van der Waals surface area (Å²) < 4.78 is 1.26. The third kappa shape index (κ3) is 3.53. The highest BCUT2D eigenvalue weighted by atomic mass is 79.9. The van der Waals surface area contributed by atoms with Gasteiger partial charge in [0.1, 0.15) is 0 Å². The first-order chi connectivity index (χ1) is 8.66. The summed E-state index contributed by atoms with van der Waals surface area (Å²) in [6.07, 6.45) is 4.00. The molecule has 0 bridgehead atoms. The molecule has 1 N–H and O–H groups in total. The van der Waals surface area contributed by atoms with E-state index < -0.39 is 0 Å². The van der Waals surface area contributed by atoms with Crippen LogP contribution in [0.3, 0.4) is 0 Å². The summed E-state index contributed by atoms with van der Waals surface area (Å²) in [5.41, 5.74) is 0.483. The fraction of sp³-hybridized carbons (Fsp3) is 0.714. The molecule has 5 heteroatoms. The number of hydrogen-bond acceptors (Lipinski definition) is 3. The lowest BCUT2D eigenvalue weighted by Gasteiger charge is -2.32. The molecule has 1 aromatic heterocycles. The normalized spacial score (nSPS) is 31.6. The molecular weight excluding hydrogens is 344 g/mol. The molecule has 1 aromatic rings. The second kappa shape index (κ2) is 6.44. The minimum Gasteiger partial charge on any atom is -0.316 e. The zero-order chi connectivity index (χ0) is 12.6. The number of hydrogen-bond donors (Lipinski definition) is 1. The summed E-state index contributed by atoms with van der Waals surface area (Å²) in [6, 6.07) is 5.15. The maximum absolute atomic E-state index is 3.59. The van der Waals surface area contributed by atoms with Crippen molar-refractivity contribution in [2.75, 3.05) is 26.2 Å². The van der Waals surface area contributed by atoms with Crippen molar-refractivity contribution in [3.8, 4) is 0 Å². The fourth-order valence-electron chi connectivity index (χ4n) is 3.34. The van der Waals surface area contributed by atoms with Crippen LogP contribution < -0.4 is 5.32 Å². The molecule has 2 nitrogen and oxygen atoms in total. The molecule has 2 aliphatic rings. The van der Waals surface area contributed by atoms with Crippen LogP contribution in [0.1, 0.15) is 37.1 Å². The van der Waals surface area contributed by atoms with Crippen LogP contribution in [0, 0.1) is 5.41 Å². The Balaban J connectivity index is 0.00000133. The predicted octanol–water partition coefficient (Wildman–Crippen LogP) is 4.07. The summed E-state index contributed by atoms with van der Waals surface area (Å²) >= 11 is 5.49. The van der Waals surface area contributed by atoms with Gasteiger partial charge in [0.05, 0.1) is 3.79 Å². The van der Waals surface area contributed by atoms with Crippen molar-refractivity contribution in [2.45, 2.75) is 32.2 Å². The summed E-state index contributed by atoms with van der Waals surface area (Å²) in [5, 5.41) is 3.51. The van der Waals surface area contributed by atoms with E-state index in [1.54, 1.807) is 0 Å². The van der Waals surface area contributed by atoms with Gasteiger partial charge in [-0.3, -0.25) is 4.90 Å². The summed E-state index contributed by atoms with van der Waals surface area (Å²) in [4.78, 5) is 4.25. The second-order valence-corrected chi connectivity index (χ2v) is 8.50. The molecule has 19 heavy (non-hydrogen) atoms. The van der Waals surface area contributed by atoms with Crippen LogP contribution in [-0.2, 0) is 0 Å². The predicted molar refractivity (Wildman–Crippen MR) is 88.4 cm³/mol. The Bertz CT molecular complexity index is 417. The highest BCUT2D eigenvalue weighted by Gasteiger charge is 2.35. The zero-order valence-corrected chi connectivity index (χ0v) is 14.5. The first-order valence-corrected chi connectivity index (χ1v) is 8.47. The lowest BCUT2D eigenvalue weighted by atomic mass is 9.89. The Morgan fingerprint density at radius 2 is 2.37 bits per heavy atom. The van der Waals surface area contributed by atoms with Crippen molar-refractivity contribution in [3.05, 3.63) is 20.8 Å². The van der Waals surface area contributed by atoms with Gasteiger partial charge in [0.25, 0.3) is 0 Å². The summed E-state index contributed by atoms with van der Waals surface area (Å²) in [6.45, 7) is 7.34. The standard InChI is InChI=1S/C14H21BrN2S.ClH/c1-14(6-7-16-9-14)10-17-8-2-3-11(17)12-4-5-13(15)18-12;/h4-5,11,16H,2-3,6-10H2,1H3;1H. The van der Waals surface area contributed by atoms with Gasteiger partial charge in [-0.2, -0.15) is 0 Å². The molecule has 0 aliphatic carbocycles. The first kappa shape index (κ1) is 15.8. The molecule has 0 aromatic carbocycles. The van der Waals surface area contributed by atoms with Crippen molar-refractivity contribution in [1.82, 2.24) is 10.2 Å². The van der Waals surface area contributed by atoms with Gasteiger partial charge in [-0.05, 0) is 65.8 Å². The van der Waals surface area contributed by atoms with Crippen molar-refractivity contribution in [1.29, 1.82) is 0 Å². The lowest BCUT2D eigenvalue weighted by Crippen LogP contribution is -2.36. The van der Waals surface area contributed by atoms with Gasteiger partial charge >= 0.3 is 0 Å². The van der Waals surface area contributed by atoms with Crippen LogP contribution in [0.5, 0.6) is 0 Å². The van der Waals surface area contributed by atoms with Crippen LogP contribution in [0.15, 0.2) is 15.9 Å². The quantitative estimate of drug-likeness (QED) is 0.868. The van der Waals surface area contributed by atoms with Gasteiger partial charge in [0.15, 0.2) is 0 Å². The van der Waals surface area contributed by atoms with E-state index in [1.807, 2.05) is 11.3 Å². The second-order valence-electron chi connectivity index (χ2n) is 6.01. The SMILES string of the molecule is CC1(CN2CCCC2c2ccc(Br)s2)CCNC1.Cl. The third-order valence-corrected chi connectivity index (χ3v) is 6.05. The molecule has 3 rings (SSSR count). The number of rotatable bonds is 3. The van der Waals surface area contributed by atoms with Crippen LogP contribution >= 0.6 is 39.7 Å². The van der Waals surface area contributed by atoms with Gasteiger partial charge < -0.3 is 5.32 Å². The fourth-order valence-corrected chi connectivity index (χ4v) is 4.93. The van der Waals surface area contributed by atoms with E-state index in [-0.39, 0.29) is 12.4 Å². The number of halogens is 2. The maximum atomic E-state index is 3.59. The number of likely N-dealkylation sites (tertiary alicyclic amines) is 1. The van der Waals surface area contributed by atoms with Crippen LogP contribution in [-0.4, -0.2) is 31.1 Å². The van der Waals surface area contributed by atoms with E-state index in [9.17, 15) is 0 Å². The molecule has 0 radical (unpaired) electrons. The number of nitrogens with zero attached hydrogens (tertiary/aromatic N) is 1. The maximum Gasteiger partial charge on any atom is 0.0701 e. The minimum absolute atomic E-state index is 0. The molecule has 2 saturated heterocycles. The largest absolute Gasteiger partial charge is 0.316 e. The average Bonchev–Trinajstić information content (AvgIpc) is 3.01. The summed E-state index contributed by atoms with van der Waals surface area (Å²) in [7, 11) is 0. The molecule has 2 fully saturated rings. The topological polar surface area (TPSA) is 15.3 Å². The number of thiophene rings is 1. The Hall–Kier alpha value is 0.390. The van der Waals surface area contributed by atoms with E-state index in [2.05, 4.69) is 45.2 Å².